The normalized spacial score (nSPS) is 19.5. The van der Waals surface area contributed by atoms with E-state index in [1.807, 2.05) is 12.3 Å². The molecule has 0 spiro atoms. The van der Waals surface area contributed by atoms with Gasteiger partial charge in [-0.3, -0.25) is 14.6 Å². The van der Waals surface area contributed by atoms with Crippen molar-refractivity contribution in [3.8, 4) is 0 Å². The molecule has 1 atom stereocenters. The first-order chi connectivity index (χ1) is 10.5. The van der Waals surface area contributed by atoms with Gasteiger partial charge >= 0.3 is 6.18 Å². The lowest BCUT2D eigenvalue weighted by Crippen LogP contribution is -2.45. The minimum atomic E-state index is -4.14. The van der Waals surface area contributed by atoms with Crippen molar-refractivity contribution < 1.29 is 13.2 Å². The van der Waals surface area contributed by atoms with Crippen molar-refractivity contribution in [2.45, 2.75) is 25.2 Å². The minimum Gasteiger partial charge on any atom is -0.355 e. The lowest BCUT2D eigenvalue weighted by molar-refractivity contribution is -0.143. The fourth-order valence-corrected chi connectivity index (χ4v) is 2.46. The zero-order valence-corrected chi connectivity index (χ0v) is 15.2. The van der Waals surface area contributed by atoms with Crippen LogP contribution in [0.15, 0.2) is 23.5 Å². The van der Waals surface area contributed by atoms with Gasteiger partial charge in [-0.1, -0.05) is 0 Å². The number of guanidine groups is 1. The number of aliphatic imine (C=N–C) groups is 1. The van der Waals surface area contributed by atoms with Crippen LogP contribution >= 0.6 is 24.0 Å². The molecule has 0 aromatic carbocycles. The first-order valence-electron chi connectivity index (χ1n) is 7.20. The van der Waals surface area contributed by atoms with Crippen LogP contribution in [-0.4, -0.2) is 66.1 Å². The number of aromatic nitrogens is 2. The van der Waals surface area contributed by atoms with E-state index in [2.05, 4.69) is 20.7 Å². The number of halogens is 4. The summed E-state index contributed by atoms with van der Waals surface area (Å²) >= 11 is 0. The van der Waals surface area contributed by atoms with Gasteiger partial charge in [0.2, 0.25) is 0 Å². The topological polar surface area (TPSA) is 57.5 Å². The molecule has 1 aromatic heterocycles. The van der Waals surface area contributed by atoms with Gasteiger partial charge in [0.1, 0.15) is 0 Å². The highest BCUT2D eigenvalue weighted by molar-refractivity contribution is 14.0. The molecule has 0 aliphatic carbocycles. The zero-order valence-electron chi connectivity index (χ0n) is 12.9. The molecule has 0 radical (unpaired) electrons. The third-order valence-corrected chi connectivity index (χ3v) is 3.43. The van der Waals surface area contributed by atoms with E-state index in [1.165, 1.54) is 4.90 Å². The summed E-state index contributed by atoms with van der Waals surface area (Å²) in [6.07, 6.45) is 0.110. The molecule has 10 heteroatoms. The van der Waals surface area contributed by atoms with E-state index < -0.39 is 12.7 Å². The van der Waals surface area contributed by atoms with E-state index in [9.17, 15) is 13.2 Å². The highest BCUT2D eigenvalue weighted by Crippen LogP contribution is 2.19. The standard InChI is InChI=1S/C13H21F3N6.HI/c1-17-12(18-5-8-22-6-2-4-19-22)20-11-3-7-21(9-11)10-13(14,15)16;/h2,4,6,11H,3,5,7-10H2,1H3,(H2,17,18,20);1H. The van der Waals surface area contributed by atoms with Gasteiger partial charge in [-0.25, -0.2) is 0 Å². The fraction of sp³-hybridized carbons (Fsp3) is 0.692. The second kappa shape index (κ2) is 9.30. The van der Waals surface area contributed by atoms with E-state index >= 15 is 0 Å². The van der Waals surface area contributed by atoms with E-state index in [1.54, 1.807) is 17.9 Å². The quantitative estimate of drug-likeness (QED) is 0.407. The van der Waals surface area contributed by atoms with Crippen LogP contribution in [0.5, 0.6) is 0 Å². The van der Waals surface area contributed by atoms with Gasteiger partial charge in [-0.15, -0.1) is 24.0 Å². The van der Waals surface area contributed by atoms with Gasteiger partial charge in [0, 0.05) is 45.1 Å². The van der Waals surface area contributed by atoms with Crippen molar-refractivity contribution >= 4 is 29.9 Å². The lowest BCUT2D eigenvalue weighted by atomic mass is 10.3. The average molecular weight is 446 g/mol. The summed E-state index contributed by atoms with van der Waals surface area (Å²) < 4.78 is 38.9. The van der Waals surface area contributed by atoms with Crippen LogP contribution in [0.1, 0.15) is 6.42 Å². The molecule has 23 heavy (non-hydrogen) atoms. The number of rotatable bonds is 5. The Morgan fingerprint density at radius 1 is 1.43 bits per heavy atom. The Kier molecular flexibility index (Phi) is 8.09. The number of hydrogen-bond acceptors (Lipinski definition) is 3. The maximum absolute atomic E-state index is 12.4. The van der Waals surface area contributed by atoms with Gasteiger partial charge in [0.25, 0.3) is 0 Å². The Bertz CT molecular complexity index is 477. The second-order valence-corrected chi connectivity index (χ2v) is 5.25. The van der Waals surface area contributed by atoms with Crippen molar-refractivity contribution in [3.63, 3.8) is 0 Å². The van der Waals surface area contributed by atoms with E-state index in [-0.39, 0.29) is 30.0 Å². The van der Waals surface area contributed by atoms with E-state index in [0.29, 0.717) is 38.6 Å². The molecule has 1 aliphatic heterocycles. The summed E-state index contributed by atoms with van der Waals surface area (Å²) in [6, 6.07) is 1.83. The van der Waals surface area contributed by atoms with Crippen LogP contribution in [0.25, 0.3) is 0 Å². The number of nitrogens with zero attached hydrogens (tertiary/aromatic N) is 4. The van der Waals surface area contributed by atoms with Crippen LogP contribution in [0.2, 0.25) is 0 Å². The molecule has 0 amide bonds. The molecule has 1 unspecified atom stereocenters. The minimum absolute atomic E-state index is 0. The van der Waals surface area contributed by atoms with Gasteiger partial charge in [0.15, 0.2) is 5.96 Å². The molecule has 0 saturated carbocycles. The Balaban J connectivity index is 0.00000264. The largest absolute Gasteiger partial charge is 0.401 e. The number of nitrogens with one attached hydrogen (secondary N) is 2. The molecule has 6 nitrogen and oxygen atoms in total. The van der Waals surface area contributed by atoms with Crippen LogP contribution in [-0.2, 0) is 6.54 Å². The molecule has 1 fully saturated rings. The fourth-order valence-electron chi connectivity index (χ4n) is 2.46. The van der Waals surface area contributed by atoms with Crippen molar-refractivity contribution in [1.29, 1.82) is 0 Å². The maximum atomic E-state index is 12.4. The monoisotopic (exact) mass is 446 g/mol. The summed E-state index contributed by atoms with van der Waals surface area (Å²) in [5.41, 5.74) is 0. The first-order valence-corrected chi connectivity index (χ1v) is 7.20. The highest BCUT2D eigenvalue weighted by atomic mass is 127. The van der Waals surface area contributed by atoms with Gasteiger partial charge in [-0.2, -0.15) is 18.3 Å². The summed E-state index contributed by atoms with van der Waals surface area (Å²) in [7, 11) is 1.64. The number of hydrogen-bond donors (Lipinski definition) is 2. The molecule has 2 heterocycles. The molecule has 2 rings (SSSR count). The first kappa shape index (κ1) is 20.0. The predicted octanol–water partition coefficient (Wildman–Crippen LogP) is 1.30. The van der Waals surface area contributed by atoms with Crippen LogP contribution in [0, 0.1) is 0 Å². The average Bonchev–Trinajstić information content (AvgIpc) is 3.08. The Morgan fingerprint density at radius 3 is 2.83 bits per heavy atom. The third kappa shape index (κ3) is 7.38. The predicted molar refractivity (Wildman–Crippen MR) is 93.0 cm³/mol. The summed E-state index contributed by atoms with van der Waals surface area (Å²) in [5, 5.41) is 10.4. The molecule has 132 valence electrons. The maximum Gasteiger partial charge on any atom is 0.401 e. The molecule has 1 aromatic rings. The van der Waals surface area contributed by atoms with Gasteiger partial charge in [-0.05, 0) is 12.5 Å². The van der Waals surface area contributed by atoms with Gasteiger partial charge in [0.05, 0.1) is 13.1 Å². The third-order valence-electron chi connectivity index (χ3n) is 3.43. The Hall–Kier alpha value is -1.04. The van der Waals surface area contributed by atoms with E-state index in [4.69, 9.17) is 0 Å². The zero-order chi connectivity index (χ0) is 16.0. The van der Waals surface area contributed by atoms with E-state index in [0.717, 1.165) is 0 Å². The van der Waals surface area contributed by atoms with Gasteiger partial charge < -0.3 is 10.6 Å². The SMILES string of the molecule is CN=C(NCCn1cccn1)NC1CCN(CC(F)(F)F)C1.I. The molecular formula is C13H22F3IN6. The second-order valence-electron chi connectivity index (χ2n) is 5.25. The van der Waals surface area contributed by atoms with Crippen LogP contribution < -0.4 is 10.6 Å². The summed E-state index contributed by atoms with van der Waals surface area (Å²) in [4.78, 5) is 5.51. The molecular weight excluding hydrogens is 424 g/mol. The number of likely N-dealkylation sites (tertiary alicyclic amines) is 1. The number of alkyl halides is 3. The van der Waals surface area contributed by atoms with Crippen LogP contribution in [0.3, 0.4) is 0 Å². The molecule has 1 aliphatic rings. The van der Waals surface area contributed by atoms with Crippen molar-refractivity contribution in [2.75, 3.05) is 33.2 Å². The Labute approximate surface area is 150 Å². The van der Waals surface area contributed by atoms with Crippen LogP contribution in [0.4, 0.5) is 13.2 Å². The summed E-state index contributed by atoms with van der Waals surface area (Å²) in [5.74, 6) is 0.603. The smallest absolute Gasteiger partial charge is 0.355 e. The highest BCUT2D eigenvalue weighted by Gasteiger charge is 2.34. The Morgan fingerprint density at radius 2 is 2.22 bits per heavy atom. The molecule has 0 bridgehead atoms. The lowest BCUT2D eigenvalue weighted by Gasteiger charge is -2.19. The molecule has 2 N–H and O–H groups in total. The van der Waals surface area contributed by atoms with Crippen molar-refractivity contribution in [2.24, 2.45) is 4.99 Å². The summed E-state index contributed by atoms with van der Waals surface area (Å²) in [6.45, 7) is 1.30. The van der Waals surface area contributed by atoms with Crippen molar-refractivity contribution in [3.05, 3.63) is 18.5 Å². The van der Waals surface area contributed by atoms with Crippen molar-refractivity contribution in [1.82, 2.24) is 25.3 Å². The molecule has 1 saturated heterocycles.